The molecule has 0 spiro atoms. The Balaban J connectivity index is 1.79. The number of benzene rings is 1. The lowest BCUT2D eigenvalue weighted by molar-refractivity contribution is -0.124. The van der Waals surface area contributed by atoms with E-state index >= 15 is 0 Å². The van der Waals surface area contributed by atoms with Crippen LogP contribution in [0.1, 0.15) is 45.1 Å². The predicted octanol–water partition coefficient (Wildman–Crippen LogP) is 3.22. The fourth-order valence-electron chi connectivity index (χ4n) is 4.29. The van der Waals surface area contributed by atoms with E-state index < -0.39 is 0 Å². The maximum Gasteiger partial charge on any atom is 0.237 e. The van der Waals surface area contributed by atoms with E-state index in [1.54, 1.807) is 6.20 Å². The number of rotatable bonds is 7. The summed E-state index contributed by atoms with van der Waals surface area (Å²) >= 11 is 0. The Morgan fingerprint density at radius 2 is 2.21 bits per heavy atom. The third-order valence-corrected chi connectivity index (χ3v) is 5.73. The molecule has 3 atom stereocenters. The van der Waals surface area contributed by atoms with E-state index in [1.807, 2.05) is 31.3 Å². The summed E-state index contributed by atoms with van der Waals surface area (Å²) in [6, 6.07) is 9.99. The normalized spacial score (nSPS) is 20.3. The maximum atomic E-state index is 12.8. The van der Waals surface area contributed by atoms with E-state index in [2.05, 4.69) is 40.4 Å². The molecule has 154 valence electrons. The first kappa shape index (κ1) is 21.1. The molecule has 0 saturated carbocycles. The van der Waals surface area contributed by atoms with Gasteiger partial charge in [0.15, 0.2) is 0 Å². The van der Waals surface area contributed by atoms with Crippen molar-refractivity contribution >= 4 is 22.5 Å². The van der Waals surface area contributed by atoms with Crippen molar-refractivity contribution in [3.05, 3.63) is 36.0 Å². The average Bonchev–Trinajstić information content (AvgIpc) is 2.73. The molecule has 3 rings (SSSR count). The number of aromatic nitrogens is 1. The summed E-state index contributed by atoms with van der Waals surface area (Å²) < 4.78 is 0. The van der Waals surface area contributed by atoms with E-state index in [1.165, 1.54) is 0 Å². The molecule has 6 nitrogen and oxygen atoms in total. The number of unbranched alkanes of at least 4 members (excludes halogenated alkanes) is 1. The number of amides is 1. The number of piperidine rings is 1. The summed E-state index contributed by atoms with van der Waals surface area (Å²) in [5.41, 5.74) is 2.40. The summed E-state index contributed by atoms with van der Waals surface area (Å²) in [5, 5.41) is 16.8. The number of pyridine rings is 1. The molecule has 0 aliphatic carbocycles. The van der Waals surface area contributed by atoms with Gasteiger partial charge in [-0.05, 0) is 50.1 Å². The lowest BCUT2D eigenvalue weighted by atomic mass is 9.94. The van der Waals surface area contributed by atoms with E-state index in [0.717, 1.165) is 55.4 Å². The SMILES string of the molecule is CCCCC(NC)C(=O)N[C@@H]1C[C@H](C)CN(c2ccc(C#N)c3ncccc23)C1. The fourth-order valence-corrected chi connectivity index (χ4v) is 4.29. The smallest absolute Gasteiger partial charge is 0.237 e. The van der Waals surface area contributed by atoms with E-state index in [9.17, 15) is 10.1 Å². The van der Waals surface area contributed by atoms with Gasteiger partial charge in [0.05, 0.1) is 17.1 Å². The van der Waals surface area contributed by atoms with Crippen LogP contribution in [0.5, 0.6) is 0 Å². The first-order valence-corrected chi connectivity index (χ1v) is 10.6. The van der Waals surface area contributed by atoms with Gasteiger partial charge < -0.3 is 15.5 Å². The molecule has 6 heteroatoms. The van der Waals surface area contributed by atoms with Crippen molar-refractivity contribution in [3.8, 4) is 6.07 Å². The number of nitriles is 1. The Hall–Kier alpha value is -2.65. The molecule has 1 aliphatic heterocycles. The molecule has 1 aromatic carbocycles. The zero-order valence-corrected chi connectivity index (χ0v) is 17.6. The third-order valence-electron chi connectivity index (χ3n) is 5.73. The van der Waals surface area contributed by atoms with Crippen LogP contribution in [0.4, 0.5) is 5.69 Å². The fraction of sp³-hybridized carbons (Fsp3) is 0.522. The third kappa shape index (κ3) is 4.86. The first-order chi connectivity index (χ1) is 14.1. The van der Waals surface area contributed by atoms with E-state index in [0.29, 0.717) is 11.5 Å². The van der Waals surface area contributed by atoms with Gasteiger partial charge in [-0.3, -0.25) is 9.78 Å². The quantitative estimate of drug-likeness (QED) is 0.755. The van der Waals surface area contributed by atoms with E-state index in [4.69, 9.17) is 0 Å². The van der Waals surface area contributed by atoms with Crippen molar-refractivity contribution in [1.82, 2.24) is 15.6 Å². The Morgan fingerprint density at radius 3 is 2.93 bits per heavy atom. The lowest BCUT2D eigenvalue weighted by Gasteiger charge is -2.39. The second kappa shape index (κ2) is 9.71. The van der Waals surface area contributed by atoms with Crippen molar-refractivity contribution in [2.24, 2.45) is 5.92 Å². The van der Waals surface area contributed by atoms with Crippen LogP contribution in [0.3, 0.4) is 0 Å². The monoisotopic (exact) mass is 393 g/mol. The lowest BCUT2D eigenvalue weighted by Crippen LogP contribution is -2.54. The summed E-state index contributed by atoms with van der Waals surface area (Å²) in [5.74, 6) is 0.548. The number of hydrogen-bond donors (Lipinski definition) is 2. The molecule has 2 N–H and O–H groups in total. The second-order valence-corrected chi connectivity index (χ2v) is 8.08. The minimum atomic E-state index is -0.138. The van der Waals surface area contributed by atoms with Crippen LogP contribution in [0.2, 0.25) is 0 Å². The van der Waals surface area contributed by atoms with Crippen molar-refractivity contribution in [2.45, 2.75) is 51.6 Å². The number of fused-ring (bicyclic) bond motifs is 1. The Labute approximate surface area is 173 Å². The number of carbonyl (C=O) groups excluding carboxylic acids is 1. The van der Waals surface area contributed by atoms with Crippen LogP contribution in [0, 0.1) is 17.2 Å². The van der Waals surface area contributed by atoms with Gasteiger partial charge >= 0.3 is 0 Å². The molecule has 29 heavy (non-hydrogen) atoms. The minimum absolute atomic E-state index is 0.0892. The Morgan fingerprint density at radius 1 is 1.38 bits per heavy atom. The van der Waals surface area contributed by atoms with Gasteiger partial charge in [0.1, 0.15) is 6.07 Å². The van der Waals surface area contributed by atoms with Gasteiger partial charge in [0, 0.05) is 36.4 Å². The highest BCUT2D eigenvalue weighted by atomic mass is 16.2. The molecule has 1 unspecified atom stereocenters. The molecule has 1 fully saturated rings. The van der Waals surface area contributed by atoms with Crippen molar-refractivity contribution in [2.75, 3.05) is 25.0 Å². The number of likely N-dealkylation sites (N-methyl/N-ethyl adjacent to an activating group) is 1. The molecule has 1 aromatic heterocycles. The molecule has 2 heterocycles. The summed E-state index contributed by atoms with van der Waals surface area (Å²) in [7, 11) is 1.85. The summed E-state index contributed by atoms with van der Waals surface area (Å²) in [6.45, 7) is 6.05. The molecular weight excluding hydrogens is 362 g/mol. The summed E-state index contributed by atoms with van der Waals surface area (Å²) in [4.78, 5) is 19.5. The van der Waals surface area contributed by atoms with Gasteiger partial charge in [-0.25, -0.2) is 0 Å². The highest BCUT2D eigenvalue weighted by Gasteiger charge is 2.28. The van der Waals surface area contributed by atoms with Crippen LogP contribution in [0.15, 0.2) is 30.5 Å². The van der Waals surface area contributed by atoms with Gasteiger partial charge in [-0.15, -0.1) is 0 Å². The maximum absolute atomic E-state index is 12.8. The van der Waals surface area contributed by atoms with Crippen molar-refractivity contribution < 1.29 is 4.79 Å². The van der Waals surface area contributed by atoms with Crippen LogP contribution in [-0.4, -0.2) is 43.1 Å². The number of hydrogen-bond acceptors (Lipinski definition) is 5. The number of anilines is 1. The predicted molar refractivity (Wildman–Crippen MR) is 117 cm³/mol. The second-order valence-electron chi connectivity index (χ2n) is 8.08. The minimum Gasteiger partial charge on any atom is -0.369 e. The van der Waals surface area contributed by atoms with Gasteiger partial charge in [0.25, 0.3) is 0 Å². The molecule has 0 radical (unpaired) electrons. The molecule has 1 aliphatic rings. The standard InChI is InChI=1S/C23H31N5O/c1-4-5-8-20(25-3)23(29)27-18-12-16(2)14-28(15-18)21-10-9-17(13-24)22-19(21)7-6-11-26-22/h6-7,9-11,16,18,20,25H,4-5,8,12,14-15H2,1-3H3,(H,27,29)/t16-,18+,20?/m0/s1. The molecule has 2 aromatic rings. The van der Waals surface area contributed by atoms with Crippen molar-refractivity contribution in [3.63, 3.8) is 0 Å². The zero-order valence-electron chi connectivity index (χ0n) is 17.6. The van der Waals surface area contributed by atoms with Crippen LogP contribution >= 0.6 is 0 Å². The highest BCUT2D eigenvalue weighted by Crippen LogP contribution is 2.31. The largest absolute Gasteiger partial charge is 0.369 e. The zero-order chi connectivity index (χ0) is 20.8. The van der Waals surface area contributed by atoms with Crippen molar-refractivity contribution in [1.29, 1.82) is 5.26 Å². The number of nitrogens with one attached hydrogen (secondary N) is 2. The Kier molecular flexibility index (Phi) is 7.05. The van der Waals surface area contributed by atoms with Crippen LogP contribution in [0.25, 0.3) is 10.9 Å². The Bertz CT molecular complexity index is 890. The molecule has 1 amide bonds. The molecule has 0 bridgehead atoms. The van der Waals surface area contributed by atoms with Crippen LogP contribution in [-0.2, 0) is 4.79 Å². The van der Waals surface area contributed by atoms with Gasteiger partial charge in [-0.1, -0.05) is 26.7 Å². The van der Waals surface area contributed by atoms with Crippen LogP contribution < -0.4 is 15.5 Å². The van der Waals surface area contributed by atoms with Gasteiger partial charge in [0.2, 0.25) is 5.91 Å². The highest BCUT2D eigenvalue weighted by molar-refractivity contribution is 5.95. The summed E-state index contributed by atoms with van der Waals surface area (Å²) in [6.07, 6.45) is 5.68. The topological polar surface area (TPSA) is 81.0 Å². The van der Waals surface area contributed by atoms with Gasteiger partial charge in [-0.2, -0.15) is 5.26 Å². The van der Waals surface area contributed by atoms with E-state index in [-0.39, 0.29) is 18.0 Å². The number of nitrogens with zero attached hydrogens (tertiary/aromatic N) is 3. The number of carbonyl (C=O) groups is 1. The molecule has 1 saturated heterocycles. The average molecular weight is 394 g/mol. The first-order valence-electron chi connectivity index (χ1n) is 10.6. The molecular formula is C23H31N5O.